The minimum Gasteiger partial charge on any atom is -0.416 e. The zero-order valence-electron chi connectivity index (χ0n) is 18.3. The molecule has 1 aliphatic rings. The number of carbonyl (C=O) groups is 1. The molecule has 0 bridgehead atoms. The lowest BCUT2D eigenvalue weighted by atomic mass is 9.97. The predicted octanol–water partition coefficient (Wildman–Crippen LogP) is 5.90. The van der Waals surface area contributed by atoms with Gasteiger partial charge in [0.25, 0.3) is 0 Å². The van der Waals surface area contributed by atoms with Crippen LogP contribution in [0.3, 0.4) is 0 Å². The van der Waals surface area contributed by atoms with E-state index in [1.165, 1.54) is 0 Å². The Bertz CT molecular complexity index is 860. The van der Waals surface area contributed by atoms with Gasteiger partial charge in [-0.05, 0) is 43.1 Å². The summed E-state index contributed by atoms with van der Waals surface area (Å²) in [6.45, 7) is 15.1. The first-order valence-electron chi connectivity index (χ1n) is 10.2. The van der Waals surface area contributed by atoms with E-state index in [-0.39, 0.29) is 17.1 Å². The van der Waals surface area contributed by atoms with E-state index in [0.29, 0.717) is 19.8 Å². The summed E-state index contributed by atoms with van der Waals surface area (Å²) in [4.78, 5) is 15.3. The normalized spacial score (nSPS) is 15.8. The minimum absolute atomic E-state index is 0.0610. The van der Waals surface area contributed by atoms with Crippen LogP contribution in [0, 0.1) is 6.92 Å². The maximum Gasteiger partial charge on any atom is 0.194 e. The van der Waals surface area contributed by atoms with E-state index < -0.39 is 8.32 Å². The van der Waals surface area contributed by atoms with Crippen LogP contribution in [-0.2, 0) is 20.3 Å². The van der Waals surface area contributed by atoms with Gasteiger partial charge in [0.05, 0.1) is 18.1 Å². The molecule has 0 amide bonds. The van der Waals surface area contributed by atoms with Crippen molar-refractivity contribution in [3.63, 3.8) is 0 Å². The van der Waals surface area contributed by atoms with Crippen molar-refractivity contribution < 1.29 is 18.7 Å². The maximum atomic E-state index is 13.3. The van der Waals surface area contributed by atoms with Crippen LogP contribution in [0.1, 0.15) is 58.3 Å². The molecule has 1 aromatic carbocycles. The van der Waals surface area contributed by atoms with E-state index in [1.807, 2.05) is 37.3 Å². The fourth-order valence-electron chi connectivity index (χ4n) is 3.11. The molecule has 1 aromatic heterocycles. The molecule has 1 aliphatic heterocycles. The van der Waals surface area contributed by atoms with Gasteiger partial charge in [-0.2, -0.15) is 0 Å². The summed E-state index contributed by atoms with van der Waals surface area (Å²) < 4.78 is 17.5. The van der Waals surface area contributed by atoms with E-state index in [9.17, 15) is 4.79 Å². The first-order chi connectivity index (χ1) is 13.6. The van der Waals surface area contributed by atoms with Gasteiger partial charge in [-0.25, -0.2) is 0 Å². The van der Waals surface area contributed by atoms with Crippen LogP contribution in [0.15, 0.2) is 30.3 Å². The highest BCUT2D eigenvalue weighted by Gasteiger charge is 2.37. The van der Waals surface area contributed by atoms with Gasteiger partial charge in [0.2, 0.25) is 0 Å². The summed E-state index contributed by atoms with van der Waals surface area (Å²) in [5, 5.41) is 0.177. The number of ketones is 1. The van der Waals surface area contributed by atoms with Crippen LogP contribution in [0.25, 0.3) is 0 Å². The highest BCUT2D eigenvalue weighted by Crippen LogP contribution is 2.37. The summed E-state index contributed by atoms with van der Waals surface area (Å²) in [5.41, 5.74) is 2.53. The highest BCUT2D eigenvalue weighted by molar-refractivity contribution is 7.12. The fourth-order valence-corrected chi connectivity index (χ4v) is 5.18. The molecule has 2 aromatic rings. The number of benzene rings is 1. The Morgan fingerprint density at radius 3 is 2.48 bits per heavy atom. The average molecular weight is 433 g/mol. The highest BCUT2D eigenvalue weighted by atomic mass is 32.1. The number of hydrogen-bond acceptors (Lipinski definition) is 5. The molecule has 1 saturated heterocycles. The smallest absolute Gasteiger partial charge is 0.194 e. The number of hydrogen-bond donors (Lipinski definition) is 0. The first kappa shape index (κ1) is 22.4. The van der Waals surface area contributed by atoms with E-state index >= 15 is 0 Å². The first-order valence-corrected chi connectivity index (χ1v) is 13.9. The lowest BCUT2D eigenvalue weighted by molar-refractivity contribution is -0.0413. The van der Waals surface area contributed by atoms with E-state index in [1.54, 1.807) is 11.3 Å². The predicted molar refractivity (Wildman–Crippen MR) is 120 cm³/mol. The van der Waals surface area contributed by atoms with Gasteiger partial charge in [0, 0.05) is 22.6 Å². The second kappa shape index (κ2) is 8.82. The van der Waals surface area contributed by atoms with Crippen molar-refractivity contribution in [2.24, 2.45) is 0 Å². The zero-order valence-corrected chi connectivity index (χ0v) is 20.2. The Balaban J connectivity index is 1.76. The molecule has 6 heteroatoms. The van der Waals surface area contributed by atoms with Gasteiger partial charge in [-0.15, -0.1) is 11.3 Å². The van der Waals surface area contributed by atoms with Gasteiger partial charge in [0.15, 0.2) is 20.4 Å². The van der Waals surface area contributed by atoms with Crippen LogP contribution >= 0.6 is 11.3 Å². The van der Waals surface area contributed by atoms with Crippen molar-refractivity contribution in [3.05, 3.63) is 56.8 Å². The van der Waals surface area contributed by atoms with Gasteiger partial charge < -0.3 is 13.9 Å². The second-order valence-corrected chi connectivity index (χ2v) is 15.1. The van der Waals surface area contributed by atoms with Gasteiger partial charge in [-0.1, -0.05) is 45.0 Å². The molecular formula is C23H32O4SSi. The molecule has 0 unspecified atom stereocenters. The Labute approximate surface area is 179 Å². The SMILES string of the molecule is Cc1sc(C2OCCO2)cc1C(=O)c1ccccc1CCO[Si](C)(C)C(C)(C)C. The molecular weight excluding hydrogens is 400 g/mol. The number of thiophene rings is 1. The van der Waals surface area contributed by atoms with Crippen molar-refractivity contribution in [1.82, 2.24) is 0 Å². The van der Waals surface area contributed by atoms with Crippen molar-refractivity contribution in [3.8, 4) is 0 Å². The molecule has 0 atom stereocenters. The molecule has 29 heavy (non-hydrogen) atoms. The number of rotatable bonds is 7. The van der Waals surface area contributed by atoms with Crippen LogP contribution < -0.4 is 0 Å². The van der Waals surface area contributed by atoms with Gasteiger partial charge in [0.1, 0.15) is 0 Å². The molecule has 158 valence electrons. The second-order valence-electron chi connectivity index (χ2n) is 9.04. The maximum absolute atomic E-state index is 13.3. The molecule has 1 fully saturated rings. The summed E-state index contributed by atoms with van der Waals surface area (Å²) in [6, 6.07) is 9.81. The third kappa shape index (κ3) is 5.06. The van der Waals surface area contributed by atoms with Crippen LogP contribution in [0.4, 0.5) is 0 Å². The quantitative estimate of drug-likeness (QED) is 0.404. The molecule has 2 heterocycles. The molecule has 0 radical (unpaired) electrons. The van der Waals surface area contributed by atoms with Crippen molar-refractivity contribution in [2.75, 3.05) is 19.8 Å². The lowest BCUT2D eigenvalue weighted by Crippen LogP contribution is -2.41. The molecule has 0 spiro atoms. The number of ether oxygens (including phenoxy) is 2. The standard InChI is InChI=1S/C23H32O4SSi/c1-16-19(15-20(28-16)22-25-13-14-26-22)21(24)18-10-8-7-9-17(18)11-12-27-29(5,6)23(2,3)4/h7-10,15,22H,11-14H2,1-6H3. The summed E-state index contributed by atoms with van der Waals surface area (Å²) in [6.07, 6.45) is 0.396. The van der Waals surface area contributed by atoms with E-state index in [4.69, 9.17) is 13.9 Å². The Morgan fingerprint density at radius 1 is 1.17 bits per heavy atom. The molecule has 0 N–H and O–H groups in total. The molecule has 4 nitrogen and oxygen atoms in total. The summed E-state index contributed by atoms with van der Waals surface area (Å²) in [5.74, 6) is 0.0610. The topological polar surface area (TPSA) is 44.8 Å². The van der Waals surface area contributed by atoms with Crippen molar-refractivity contribution in [1.29, 1.82) is 0 Å². The Morgan fingerprint density at radius 2 is 1.83 bits per heavy atom. The van der Waals surface area contributed by atoms with Crippen LogP contribution in [0.5, 0.6) is 0 Å². The van der Waals surface area contributed by atoms with Crippen LogP contribution in [-0.4, -0.2) is 33.9 Å². The zero-order chi connectivity index (χ0) is 21.2. The third-order valence-corrected chi connectivity index (χ3v) is 11.5. The molecule has 3 rings (SSSR count). The Kier molecular flexibility index (Phi) is 6.80. The van der Waals surface area contributed by atoms with E-state index in [2.05, 4.69) is 33.9 Å². The lowest BCUT2D eigenvalue weighted by Gasteiger charge is -2.36. The van der Waals surface area contributed by atoms with E-state index in [0.717, 1.165) is 32.9 Å². The van der Waals surface area contributed by atoms with Crippen molar-refractivity contribution >= 4 is 25.4 Å². The van der Waals surface area contributed by atoms with Crippen LogP contribution in [0.2, 0.25) is 18.1 Å². The van der Waals surface area contributed by atoms with Gasteiger partial charge in [-0.3, -0.25) is 4.79 Å². The minimum atomic E-state index is -1.80. The average Bonchev–Trinajstić information content (AvgIpc) is 3.30. The Hall–Kier alpha value is -1.31. The monoisotopic (exact) mass is 432 g/mol. The number of carbonyl (C=O) groups excluding carboxylic acids is 1. The third-order valence-electron chi connectivity index (χ3n) is 5.94. The molecule has 0 saturated carbocycles. The molecule has 0 aliphatic carbocycles. The summed E-state index contributed by atoms with van der Waals surface area (Å²) >= 11 is 1.57. The van der Waals surface area contributed by atoms with Crippen molar-refractivity contribution in [2.45, 2.75) is 58.5 Å². The summed E-state index contributed by atoms with van der Waals surface area (Å²) in [7, 11) is -1.80. The number of aryl methyl sites for hydroxylation is 1. The van der Waals surface area contributed by atoms with Gasteiger partial charge >= 0.3 is 0 Å². The fraction of sp³-hybridized carbons (Fsp3) is 0.522. The largest absolute Gasteiger partial charge is 0.416 e.